The van der Waals surface area contributed by atoms with Crippen molar-refractivity contribution in [1.29, 1.82) is 0 Å². The predicted molar refractivity (Wildman–Crippen MR) is 91.7 cm³/mol. The molecule has 1 saturated carbocycles. The van der Waals surface area contributed by atoms with Gasteiger partial charge in [-0.3, -0.25) is 13.8 Å². The van der Waals surface area contributed by atoms with Crippen molar-refractivity contribution in [3.63, 3.8) is 0 Å². The van der Waals surface area contributed by atoms with Crippen LogP contribution in [0.25, 0.3) is 11.3 Å². The summed E-state index contributed by atoms with van der Waals surface area (Å²) in [6, 6.07) is 7.19. The molecule has 118 valence electrons. The van der Waals surface area contributed by atoms with Gasteiger partial charge in [0, 0.05) is 23.2 Å². The van der Waals surface area contributed by atoms with Crippen LogP contribution in [0.1, 0.15) is 19.3 Å². The van der Waals surface area contributed by atoms with Crippen molar-refractivity contribution in [3.05, 3.63) is 52.0 Å². The van der Waals surface area contributed by atoms with Gasteiger partial charge in [0.2, 0.25) is 5.65 Å². The number of hydrogen-bond acceptors (Lipinski definition) is 4. The zero-order chi connectivity index (χ0) is 15.8. The minimum Gasteiger partial charge on any atom is -0.280 e. The maximum Gasteiger partial charge on any atom is 0.300 e. The van der Waals surface area contributed by atoms with Gasteiger partial charge in [-0.1, -0.05) is 35.9 Å². The zero-order valence-corrected chi connectivity index (χ0v) is 13.9. The summed E-state index contributed by atoms with van der Waals surface area (Å²) in [6.45, 7) is 0. The van der Waals surface area contributed by atoms with Crippen molar-refractivity contribution in [2.24, 2.45) is 5.92 Å². The largest absolute Gasteiger partial charge is 0.300 e. The number of nitrogens with zero attached hydrogens (tertiary/aromatic N) is 4. The molecule has 0 amide bonds. The molecule has 1 aromatic carbocycles. The van der Waals surface area contributed by atoms with E-state index in [0.29, 0.717) is 10.7 Å². The fourth-order valence-corrected chi connectivity index (χ4v) is 3.93. The first-order valence-electron chi connectivity index (χ1n) is 7.57. The van der Waals surface area contributed by atoms with Gasteiger partial charge in [-0.15, -0.1) is 10.2 Å². The molecule has 7 heteroatoms. The van der Waals surface area contributed by atoms with Crippen molar-refractivity contribution in [1.82, 2.24) is 19.2 Å². The average Bonchev–Trinajstić information content (AvgIpc) is 2.90. The quantitative estimate of drug-likeness (QED) is 0.679. The highest BCUT2D eigenvalue weighted by atomic mass is 35.5. The number of halogens is 1. The molecule has 0 spiro atoms. The van der Waals surface area contributed by atoms with Gasteiger partial charge in [-0.25, -0.2) is 0 Å². The van der Waals surface area contributed by atoms with Crippen molar-refractivity contribution < 1.29 is 0 Å². The van der Waals surface area contributed by atoms with Gasteiger partial charge in [0.25, 0.3) is 0 Å². The molecule has 23 heavy (non-hydrogen) atoms. The van der Waals surface area contributed by atoms with Crippen LogP contribution in [0, 0.1) is 5.92 Å². The second-order valence-corrected chi connectivity index (χ2v) is 7.16. The van der Waals surface area contributed by atoms with E-state index in [1.165, 1.54) is 23.8 Å². The molecule has 0 aliphatic heterocycles. The Morgan fingerprint density at radius 1 is 1.26 bits per heavy atom. The fraction of sp³-hybridized carbons (Fsp3) is 0.312. The van der Waals surface area contributed by atoms with Gasteiger partial charge < -0.3 is 0 Å². The topological polar surface area (TPSA) is 52.2 Å². The van der Waals surface area contributed by atoms with Crippen LogP contribution >= 0.6 is 23.4 Å². The lowest BCUT2D eigenvalue weighted by Crippen LogP contribution is -2.20. The number of aromatic nitrogens is 4. The predicted octanol–water partition coefficient (Wildman–Crippen LogP) is 3.43. The Hall–Kier alpha value is -1.79. The van der Waals surface area contributed by atoms with Crippen LogP contribution in [0.2, 0.25) is 5.02 Å². The summed E-state index contributed by atoms with van der Waals surface area (Å²) in [4.78, 5) is 12.6. The third-order valence-corrected chi connectivity index (χ3v) is 5.61. The SMILES string of the molecule is O=c1c2nnc(SCC3CCC3)n2ccn1-c1cccc(Cl)c1. The normalized spacial score (nSPS) is 15.0. The molecule has 1 aliphatic carbocycles. The van der Waals surface area contributed by atoms with E-state index in [0.717, 1.165) is 22.5 Å². The van der Waals surface area contributed by atoms with E-state index in [-0.39, 0.29) is 5.56 Å². The van der Waals surface area contributed by atoms with Crippen LogP contribution < -0.4 is 5.56 Å². The van der Waals surface area contributed by atoms with Gasteiger partial charge >= 0.3 is 5.56 Å². The van der Waals surface area contributed by atoms with E-state index < -0.39 is 0 Å². The Morgan fingerprint density at radius 3 is 2.87 bits per heavy atom. The van der Waals surface area contributed by atoms with Crippen molar-refractivity contribution in [3.8, 4) is 5.69 Å². The van der Waals surface area contributed by atoms with Crippen molar-refractivity contribution in [2.45, 2.75) is 24.4 Å². The summed E-state index contributed by atoms with van der Waals surface area (Å²) >= 11 is 7.68. The molecule has 0 bridgehead atoms. The van der Waals surface area contributed by atoms with Crippen LogP contribution in [-0.2, 0) is 0 Å². The molecule has 4 rings (SSSR count). The van der Waals surface area contributed by atoms with Gasteiger partial charge in [0.05, 0.1) is 5.69 Å². The van der Waals surface area contributed by atoms with E-state index >= 15 is 0 Å². The minimum atomic E-state index is -0.197. The third-order valence-electron chi connectivity index (χ3n) is 4.20. The molecule has 2 heterocycles. The Morgan fingerprint density at radius 2 is 2.13 bits per heavy atom. The van der Waals surface area contributed by atoms with Crippen molar-refractivity contribution >= 4 is 29.0 Å². The van der Waals surface area contributed by atoms with Gasteiger partial charge in [-0.2, -0.15) is 0 Å². The number of rotatable bonds is 4. The molecule has 2 aromatic heterocycles. The van der Waals surface area contributed by atoms with Crippen LogP contribution in [0.5, 0.6) is 0 Å². The lowest BCUT2D eigenvalue weighted by Gasteiger charge is -2.24. The second-order valence-electron chi connectivity index (χ2n) is 5.74. The highest BCUT2D eigenvalue weighted by Crippen LogP contribution is 2.31. The Bertz CT molecular complexity index is 916. The molecule has 3 aromatic rings. The lowest BCUT2D eigenvalue weighted by molar-refractivity contribution is 0.353. The van der Waals surface area contributed by atoms with E-state index in [1.807, 2.05) is 18.3 Å². The highest BCUT2D eigenvalue weighted by molar-refractivity contribution is 7.99. The highest BCUT2D eigenvalue weighted by Gasteiger charge is 2.19. The van der Waals surface area contributed by atoms with Gasteiger partial charge in [0.15, 0.2) is 5.16 Å². The molecule has 0 atom stereocenters. The number of fused-ring (bicyclic) bond motifs is 1. The van der Waals surface area contributed by atoms with Gasteiger partial charge in [-0.05, 0) is 37.0 Å². The molecule has 0 N–H and O–H groups in total. The molecule has 1 aliphatic rings. The zero-order valence-electron chi connectivity index (χ0n) is 12.4. The summed E-state index contributed by atoms with van der Waals surface area (Å²) < 4.78 is 3.31. The smallest absolute Gasteiger partial charge is 0.280 e. The lowest BCUT2D eigenvalue weighted by atomic mass is 9.87. The summed E-state index contributed by atoms with van der Waals surface area (Å²) in [5.41, 5.74) is 0.859. The van der Waals surface area contributed by atoms with Crippen LogP contribution in [0.15, 0.2) is 46.6 Å². The summed E-state index contributed by atoms with van der Waals surface area (Å²) in [7, 11) is 0. The Kier molecular flexibility index (Phi) is 3.87. The van der Waals surface area contributed by atoms with E-state index in [9.17, 15) is 4.79 Å². The summed E-state index contributed by atoms with van der Waals surface area (Å²) in [5, 5.41) is 9.62. The Balaban J connectivity index is 1.70. The molecule has 0 saturated heterocycles. The second kappa shape index (κ2) is 6.02. The third kappa shape index (κ3) is 2.77. The molecular weight excluding hydrogens is 332 g/mol. The molecule has 0 unspecified atom stereocenters. The summed E-state index contributed by atoms with van der Waals surface area (Å²) in [6.07, 6.45) is 7.49. The minimum absolute atomic E-state index is 0.197. The summed E-state index contributed by atoms with van der Waals surface area (Å²) in [5.74, 6) is 1.82. The first kappa shape index (κ1) is 14.8. The number of benzene rings is 1. The van der Waals surface area contributed by atoms with E-state index in [1.54, 1.807) is 34.5 Å². The molecular formula is C16H15ClN4OS. The first-order chi connectivity index (χ1) is 11.2. The van der Waals surface area contributed by atoms with Crippen molar-refractivity contribution in [2.75, 3.05) is 5.75 Å². The van der Waals surface area contributed by atoms with Gasteiger partial charge in [0.1, 0.15) is 0 Å². The standard InChI is InChI=1S/C16H15ClN4OS/c17-12-5-2-6-13(9-12)20-7-8-21-14(15(20)22)18-19-16(21)23-10-11-3-1-4-11/h2,5-9,11H,1,3-4,10H2. The Labute approximate surface area is 142 Å². The molecule has 1 fully saturated rings. The van der Waals surface area contributed by atoms with Crippen LogP contribution in [0.3, 0.4) is 0 Å². The average molecular weight is 347 g/mol. The molecule has 5 nitrogen and oxygen atoms in total. The maximum atomic E-state index is 12.6. The van der Waals surface area contributed by atoms with Crippen LogP contribution in [-0.4, -0.2) is 24.9 Å². The fourth-order valence-electron chi connectivity index (χ4n) is 2.65. The number of hydrogen-bond donors (Lipinski definition) is 0. The van der Waals surface area contributed by atoms with E-state index in [2.05, 4.69) is 10.2 Å². The first-order valence-corrected chi connectivity index (χ1v) is 8.94. The monoisotopic (exact) mass is 346 g/mol. The maximum absolute atomic E-state index is 12.6. The van der Waals surface area contributed by atoms with Crippen LogP contribution in [0.4, 0.5) is 0 Å². The number of thioether (sulfide) groups is 1. The molecule has 0 radical (unpaired) electrons. The van der Waals surface area contributed by atoms with E-state index in [4.69, 9.17) is 11.6 Å².